The van der Waals surface area contributed by atoms with Gasteiger partial charge in [-0.25, -0.2) is 0 Å². The molecular formula is C9H18N2O. The van der Waals surface area contributed by atoms with Crippen LogP contribution in [0.1, 0.15) is 34.1 Å². The molecule has 0 bridgehead atoms. The molecule has 1 heterocycles. The Hall–Kier alpha value is -0.540. The van der Waals surface area contributed by atoms with E-state index >= 15 is 0 Å². The van der Waals surface area contributed by atoms with E-state index in [4.69, 9.17) is 5.73 Å². The lowest BCUT2D eigenvalue weighted by atomic mass is 9.85. The van der Waals surface area contributed by atoms with Crippen molar-refractivity contribution in [2.24, 2.45) is 5.73 Å². The summed E-state index contributed by atoms with van der Waals surface area (Å²) in [5, 5.41) is 11.2. The van der Waals surface area contributed by atoms with Gasteiger partial charge in [0.1, 0.15) is 0 Å². The van der Waals surface area contributed by atoms with Gasteiger partial charge < -0.3 is 10.9 Å². The first-order chi connectivity index (χ1) is 5.28. The summed E-state index contributed by atoms with van der Waals surface area (Å²) >= 11 is 0. The fraction of sp³-hybridized carbons (Fsp3) is 0.778. The monoisotopic (exact) mass is 170 g/mol. The predicted octanol–water partition coefficient (Wildman–Crippen LogP) is 1.48. The minimum atomic E-state index is -0.443. The first kappa shape index (κ1) is 9.55. The fourth-order valence-electron chi connectivity index (χ4n) is 1.57. The van der Waals surface area contributed by atoms with Crippen LogP contribution in [-0.4, -0.2) is 21.3 Å². The van der Waals surface area contributed by atoms with E-state index in [0.29, 0.717) is 0 Å². The fourth-order valence-corrected chi connectivity index (χ4v) is 1.57. The number of nitrogens with two attached hydrogens (primary N) is 1. The zero-order valence-corrected chi connectivity index (χ0v) is 8.26. The summed E-state index contributed by atoms with van der Waals surface area (Å²) in [7, 11) is 0. The molecule has 3 nitrogen and oxygen atoms in total. The summed E-state index contributed by atoms with van der Waals surface area (Å²) in [6.45, 7) is 7.83. The SMILES string of the molecule is CC1(C)CC=C(N)C(C)(C)N1O. The zero-order valence-electron chi connectivity index (χ0n) is 8.26. The van der Waals surface area contributed by atoms with E-state index in [1.54, 1.807) is 0 Å². The highest BCUT2D eigenvalue weighted by molar-refractivity contribution is 5.19. The number of nitrogens with zero attached hydrogens (tertiary/aromatic N) is 1. The standard InChI is InChI=1S/C9H18N2O/c1-8(2)6-5-7(10)9(3,4)11(8)12/h5,12H,6,10H2,1-4H3. The van der Waals surface area contributed by atoms with Crippen LogP contribution in [0.15, 0.2) is 11.8 Å². The van der Waals surface area contributed by atoms with Crippen LogP contribution in [0.3, 0.4) is 0 Å². The van der Waals surface area contributed by atoms with Gasteiger partial charge in [-0.2, -0.15) is 5.06 Å². The van der Waals surface area contributed by atoms with Crippen molar-refractivity contribution < 1.29 is 5.21 Å². The molecule has 0 aliphatic carbocycles. The van der Waals surface area contributed by atoms with E-state index in [9.17, 15) is 5.21 Å². The second-order valence-corrected chi connectivity index (χ2v) is 4.55. The van der Waals surface area contributed by atoms with E-state index in [0.717, 1.165) is 12.1 Å². The van der Waals surface area contributed by atoms with Gasteiger partial charge in [0.05, 0.1) is 5.54 Å². The molecule has 12 heavy (non-hydrogen) atoms. The van der Waals surface area contributed by atoms with E-state index in [2.05, 4.69) is 0 Å². The quantitative estimate of drug-likeness (QED) is 0.579. The molecule has 0 saturated carbocycles. The van der Waals surface area contributed by atoms with Gasteiger partial charge in [0, 0.05) is 11.2 Å². The highest BCUT2D eigenvalue weighted by Crippen LogP contribution is 2.34. The van der Waals surface area contributed by atoms with E-state index in [-0.39, 0.29) is 5.54 Å². The summed E-state index contributed by atoms with van der Waals surface area (Å²) in [4.78, 5) is 0. The number of rotatable bonds is 0. The maximum absolute atomic E-state index is 9.85. The Labute approximate surface area is 73.8 Å². The Balaban J connectivity index is 3.04. The van der Waals surface area contributed by atoms with Crippen LogP contribution >= 0.6 is 0 Å². The third-order valence-corrected chi connectivity index (χ3v) is 2.63. The van der Waals surface area contributed by atoms with Gasteiger partial charge >= 0.3 is 0 Å². The third-order valence-electron chi connectivity index (χ3n) is 2.63. The molecule has 0 fully saturated rings. The van der Waals surface area contributed by atoms with E-state index in [1.807, 2.05) is 33.8 Å². The second kappa shape index (κ2) is 2.47. The molecule has 0 amide bonds. The van der Waals surface area contributed by atoms with Crippen molar-refractivity contribution in [3.05, 3.63) is 11.8 Å². The maximum Gasteiger partial charge on any atom is 0.0798 e. The molecule has 0 atom stereocenters. The van der Waals surface area contributed by atoms with Crippen molar-refractivity contribution in [2.45, 2.75) is 45.2 Å². The van der Waals surface area contributed by atoms with Gasteiger partial charge in [-0.3, -0.25) is 0 Å². The summed E-state index contributed by atoms with van der Waals surface area (Å²) in [6, 6.07) is 0. The van der Waals surface area contributed by atoms with Crippen LogP contribution in [0.4, 0.5) is 0 Å². The Morgan fingerprint density at radius 2 is 1.92 bits per heavy atom. The van der Waals surface area contributed by atoms with Crippen LogP contribution in [0.2, 0.25) is 0 Å². The second-order valence-electron chi connectivity index (χ2n) is 4.55. The van der Waals surface area contributed by atoms with E-state index in [1.165, 1.54) is 5.06 Å². The number of hydrogen-bond acceptors (Lipinski definition) is 3. The molecule has 0 spiro atoms. The highest BCUT2D eigenvalue weighted by Gasteiger charge is 2.41. The van der Waals surface area contributed by atoms with Crippen molar-refractivity contribution in [3.8, 4) is 0 Å². The normalized spacial score (nSPS) is 28.2. The summed E-state index contributed by atoms with van der Waals surface area (Å²) in [6.07, 6.45) is 2.78. The van der Waals surface area contributed by atoms with Gasteiger partial charge in [-0.1, -0.05) is 6.08 Å². The molecule has 0 aromatic rings. The molecule has 0 unspecified atom stereocenters. The Bertz CT molecular complexity index is 219. The number of hydrogen-bond donors (Lipinski definition) is 2. The highest BCUT2D eigenvalue weighted by atomic mass is 16.5. The minimum Gasteiger partial charge on any atom is -0.401 e. The van der Waals surface area contributed by atoms with Gasteiger partial charge in [0.15, 0.2) is 0 Å². The van der Waals surface area contributed by atoms with Crippen LogP contribution in [-0.2, 0) is 0 Å². The summed E-state index contributed by atoms with van der Waals surface area (Å²) in [5.74, 6) is 0. The average molecular weight is 170 g/mol. The van der Waals surface area contributed by atoms with Gasteiger partial charge in [-0.05, 0) is 34.1 Å². The van der Waals surface area contributed by atoms with Gasteiger partial charge in [-0.15, -0.1) is 0 Å². The van der Waals surface area contributed by atoms with Crippen LogP contribution in [0.5, 0.6) is 0 Å². The van der Waals surface area contributed by atoms with Crippen molar-refractivity contribution in [2.75, 3.05) is 0 Å². The van der Waals surface area contributed by atoms with Crippen LogP contribution in [0.25, 0.3) is 0 Å². The van der Waals surface area contributed by atoms with Crippen LogP contribution in [0, 0.1) is 0 Å². The predicted molar refractivity (Wildman–Crippen MR) is 48.7 cm³/mol. The molecular weight excluding hydrogens is 152 g/mol. The molecule has 0 radical (unpaired) electrons. The lowest BCUT2D eigenvalue weighted by Gasteiger charge is -2.47. The molecule has 0 saturated heterocycles. The van der Waals surface area contributed by atoms with Crippen molar-refractivity contribution in [1.82, 2.24) is 5.06 Å². The smallest absolute Gasteiger partial charge is 0.0798 e. The average Bonchev–Trinajstić information content (AvgIpc) is 1.96. The Morgan fingerprint density at radius 3 is 2.33 bits per heavy atom. The molecule has 1 aliphatic heterocycles. The molecule has 70 valence electrons. The largest absolute Gasteiger partial charge is 0.401 e. The number of hydroxylamine groups is 2. The third kappa shape index (κ3) is 1.23. The topological polar surface area (TPSA) is 49.5 Å². The van der Waals surface area contributed by atoms with Gasteiger partial charge in [0.25, 0.3) is 0 Å². The lowest BCUT2D eigenvalue weighted by Crippen LogP contribution is -2.58. The first-order valence-corrected chi connectivity index (χ1v) is 4.24. The zero-order chi connectivity index (χ0) is 9.57. The van der Waals surface area contributed by atoms with Crippen LogP contribution < -0.4 is 5.73 Å². The molecule has 3 heteroatoms. The van der Waals surface area contributed by atoms with E-state index < -0.39 is 5.54 Å². The van der Waals surface area contributed by atoms with Crippen molar-refractivity contribution in [3.63, 3.8) is 0 Å². The minimum absolute atomic E-state index is 0.216. The summed E-state index contributed by atoms with van der Waals surface area (Å²) < 4.78 is 0. The lowest BCUT2D eigenvalue weighted by molar-refractivity contribution is -0.216. The van der Waals surface area contributed by atoms with Gasteiger partial charge in [0.2, 0.25) is 0 Å². The molecule has 3 N–H and O–H groups in total. The maximum atomic E-state index is 9.85. The van der Waals surface area contributed by atoms with Crippen molar-refractivity contribution in [1.29, 1.82) is 0 Å². The molecule has 1 aliphatic rings. The molecule has 0 aromatic carbocycles. The Kier molecular flexibility index (Phi) is 1.97. The first-order valence-electron chi connectivity index (χ1n) is 4.24. The molecule has 0 aromatic heterocycles. The van der Waals surface area contributed by atoms with Crippen molar-refractivity contribution >= 4 is 0 Å². The molecule has 1 rings (SSSR count). The summed E-state index contributed by atoms with van der Waals surface area (Å²) in [5.41, 5.74) is 5.86. The Morgan fingerprint density at radius 1 is 1.42 bits per heavy atom.